The second-order valence-electron chi connectivity index (χ2n) is 5.94. The Bertz CT molecular complexity index is 609. The lowest BCUT2D eigenvalue weighted by atomic mass is 9.97. The van der Waals surface area contributed by atoms with Crippen LogP contribution in [-0.2, 0) is 13.0 Å². The molecule has 1 aromatic heterocycles. The number of likely N-dealkylation sites (tertiary alicyclic amines) is 1. The van der Waals surface area contributed by atoms with Gasteiger partial charge in [-0.1, -0.05) is 24.2 Å². The minimum atomic E-state index is 0.524. The SMILES string of the molecule is CCc1nc(CN2C[C@H](c3ccc(OC)cc3)C[C@@H]2C)no1. The van der Waals surface area contributed by atoms with Gasteiger partial charge in [0.1, 0.15) is 5.75 Å². The van der Waals surface area contributed by atoms with Crippen LogP contribution in [0.1, 0.15) is 43.5 Å². The predicted octanol–water partition coefficient (Wildman–Crippen LogP) is 3.02. The zero-order chi connectivity index (χ0) is 15.5. The van der Waals surface area contributed by atoms with Gasteiger partial charge in [0, 0.05) is 19.0 Å². The lowest BCUT2D eigenvalue weighted by Gasteiger charge is -2.18. The number of hydrogen-bond donors (Lipinski definition) is 0. The molecule has 0 N–H and O–H groups in total. The number of hydrogen-bond acceptors (Lipinski definition) is 5. The molecule has 5 heteroatoms. The maximum Gasteiger partial charge on any atom is 0.226 e. The maximum absolute atomic E-state index is 5.23. The number of ether oxygens (including phenoxy) is 1. The molecule has 0 amide bonds. The molecule has 0 radical (unpaired) electrons. The molecule has 5 nitrogen and oxygen atoms in total. The molecule has 118 valence electrons. The topological polar surface area (TPSA) is 51.4 Å². The lowest BCUT2D eigenvalue weighted by molar-refractivity contribution is 0.247. The molecule has 1 fully saturated rings. The van der Waals surface area contributed by atoms with Crippen molar-refractivity contribution in [2.24, 2.45) is 0 Å². The molecule has 0 unspecified atom stereocenters. The number of aromatic nitrogens is 2. The number of benzene rings is 1. The van der Waals surface area contributed by atoms with Crippen molar-refractivity contribution in [3.05, 3.63) is 41.5 Å². The van der Waals surface area contributed by atoms with E-state index in [1.54, 1.807) is 7.11 Å². The minimum Gasteiger partial charge on any atom is -0.497 e. The molecule has 3 rings (SSSR count). The summed E-state index contributed by atoms with van der Waals surface area (Å²) in [5, 5.41) is 4.06. The van der Waals surface area contributed by atoms with Gasteiger partial charge >= 0.3 is 0 Å². The van der Waals surface area contributed by atoms with Crippen LogP contribution in [0.25, 0.3) is 0 Å². The molecule has 0 aliphatic carbocycles. The third-order valence-electron chi connectivity index (χ3n) is 4.45. The van der Waals surface area contributed by atoms with Crippen LogP contribution in [0.2, 0.25) is 0 Å². The highest BCUT2D eigenvalue weighted by molar-refractivity contribution is 5.30. The van der Waals surface area contributed by atoms with E-state index in [1.165, 1.54) is 5.56 Å². The van der Waals surface area contributed by atoms with Crippen molar-refractivity contribution in [2.75, 3.05) is 13.7 Å². The normalized spacial score (nSPS) is 22.1. The summed E-state index contributed by atoms with van der Waals surface area (Å²) in [6, 6.07) is 8.94. The molecule has 1 saturated heterocycles. The zero-order valence-electron chi connectivity index (χ0n) is 13.5. The summed E-state index contributed by atoms with van der Waals surface area (Å²) in [6.07, 6.45) is 1.95. The van der Waals surface area contributed by atoms with Crippen molar-refractivity contribution in [3.8, 4) is 5.75 Å². The van der Waals surface area contributed by atoms with Crippen molar-refractivity contribution < 1.29 is 9.26 Å². The van der Waals surface area contributed by atoms with E-state index in [9.17, 15) is 0 Å². The van der Waals surface area contributed by atoms with Crippen LogP contribution in [0.3, 0.4) is 0 Å². The zero-order valence-corrected chi connectivity index (χ0v) is 13.5. The second-order valence-corrected chi connectivity index (χ2v) is 5.94. The first-order valence-corrected chi connectivity index (χ1v) is 7.89. The van der Waals surface area contributed by atoms with Crippen LogP contribution in [0, 0.1) is 0 Å². The summed E-state index contributed by atoms with van der Waals surface area (Å²) >= 11 is 0. The molecule has 1 aliphatic heterocycles. The van der Waals surface area contributed by atoms with Gasteiger partial charge in [-0.2, -0.15) is 4.98 Å². The van der Waals surface area contributed by atoms with Crippen LogP contribution in [-0.4, -0.2) is 34.7 Å². The van der Waals surface area contributed by atoms with Crippen LogP contribution in [0.5, 0.6) is 5.75 Å². The summed E-state index contributed by atoms with van der Waals surface area (Å²) in [6.45, 7) is 6.08. The fraction of sp³-hybridized carbons (Fsp3) is 0.529. The van der Waals surface area contributed by atoms with Crippen molar-refractivity contribution in [2.45, 2.75) is 45.2 Å². The first kappa shape index (κ1) is 15.0. The summed E-state index contributed by atoms with van der Waals surface area (Å²) in [4.78, 5) is 6.84. The molecular formula is C17H23N3O2. The Balaban J connectivity index is 1.65. The molecule has 1 aromatic carbocycles. The minimum absolute atomic E-state index is 0.524. The van der Waals surface area contributed by atoms with Gasteiger partial charge in [-0.15, -0.1) is 0 Å². The number of methoxy groups -OCH3 is 1. The molecule has 0 saturated carbocycles. The first-order chi connectivity index (χ1) is 10.7. The lowest BCUT2D eigenvalue weighted by Crippen LogP contribution is -2.27. The number of aryl methyl sites for hydroxylation is 1. The predicted molar refractivity (Wildman–Crippen MR) is 83.9 cm³/mol. The highest BCUT2D eigenvalue weighted by Crippen LogP contribution is 2.33. The first-order valence-electron chi connectivity index (χ1n) is 7.89. The average Bonchev–Trinajstić information content (AvgIpc) is 3.15. The van der Waals surface area contributed by atoms with Crippen LogP contribution < -0.4 is 4.74 Å². The Morgan fingerprint density at radius 2 is 2.09 bits per heavy atom. The molecular weight excluding hydrogens is 278 g/mol. The van der Waals surface area contributed by atoms with Gasteiger partial charge in [0.2, 0.25) is 5.89 Å². The summed E-state index contributed by atoms with van der Waals surface area (Å²) in [5.74, 6) is 2.97. The van der Waals surface area contributed by atoms with E-state index in [0.29, 0.717) is 17.9 Å². The molecule has 0 spiro atoms. The van der Waals surface area contributed by atoms with Crippen LogP contribution >= 0.6 is 0 Å². The Labute approximate surface area is 131 Å². The van der Waals surface area contributed by atoms with Gasteiger partial charge in [-0.25, -0.2) is 0 Å². The standard InChI is InChI=1S/C17H23N3O2/c1-4-17-18-16(19-22-17)11-20-10-14(9-12(20)2)13-5-7-15(21-3)8-6-13/h5-8,12,14H,4,9-11H2,1-3H3/t12-,14+/m0/s1. The largest absolute Gasteiger partial charge is 0.497 e. The molecule has 2 atom stereocenters. The fourth-order valence-corrected chi connectivity index (χ4v) is 3.12. The smallest absolute Gasteiger partial charge is 0.226 e. The third kappa shape index (κ3) is 3.14. The van der Waals surface area contributed by atoms with Crippen molar-refractivity contribution in [1.29, 1.82) is 0 Å². The van der Waals surface area contributed by atoms with Crippen molar-refractivity contribution in [1.82, 2.24) is 15.0 Å². The Kier molecular flexibility index (Phi) is 4.43. The van der Waals surface area contributed by atoms with Crippen LogP contribution in [0.4, 0.5) is 0 Å². The van der Waals surface area contributed by atoms with E-state index in [4.69, 9.17) is 9.26 Å². The average molecular weight is 301 g/mol. The van der Waals surface area contributed by atoms with Gasteiger partial charge in [0.25, 0.3) is 0 Å². The van der Waals surface area contributed by atoms with E-state index in [0.717, 1.165) is 37.5 Å². The quantitative estimate of drug-likeness (QED) is 0.849. The van der Waals surface area contributed by atoms with Crippen molar-refractivity contribution in [3.63, 3.8) is 0 Å². The number of rotatable bonds is 5. The van der Waals surface area contributed by atoms with Gasteiger partial charge in [0.15, 0.2) is 5.82 Å². The summed E-state index contributed by atoms with van der Waals surface area (Å²) < 4.78 is 10.4. The Morgan fingerprint density at radius 3 is 2.73 bits per heavy atom. The van der Waals surface area contributed by atoms with E-state index >= 15 is 0 Å². The Hall–Kier alpha value is -1.88. The molecule has 1 aliphatic rings. The second kappa shape index (κ2) is 6.48. The molecule has 2 heterocycles. The van der Waals surface area contributed by atoms with Gasteiger partial charge in [-0.3, -0.25) is 4.90 Å². The molecule has 2 aromatic rings. The van der Waals surface area contributed by atoms with E-state index < -0.39 is 0 Å². The van der Waals surface area contributed by atoms with Crippen molar-refractivity contribution >= 4 is 0 Å². The highest BCUT2D eigenvalue weighted by atomic mass is 16.5. The third-order valence-corrected chi connectivity index (χ3v) is 4.45. The molecule has 22 heavy (non-hydrogen) atoms. The van der Waals surface area contributed by atoms with Gasteiger partial charge in [0.05, 0.1) is 13.7 Å². The highest BCUT2D eigenvalue weighted by Gasteiger charge is 2.30. The fourth-order valence-electron chi connectivity index (χ4n) is 3.12. The van der Waals surface area contributed by atoms with E-state index in [2.05, 4.69) is 34.1 Å². The van der Waals surface area contributed by atoms with E-state index in [1.807, 2.05) is 19.1 Å². The Morgan fingerprint density at radius 1 is 1.32 bits per heavy atom. The van der Waals surface area contributed by atoms with Gasteiger partial charge in [-0.05, 0) is 37.0 Å². The molecule has 0 bridgehead atoms. The van der Waals surface area contributed by atoms with E-state index in [-0.39, 0.29) is 0 Å². The van der Waals surface area contributed by atoms with Gasteiger partial charge < -0.3 is 9.26 Å². The van der Waals surface area contributed by atoms with Crippen LogP contribution in [0.15, 0.2) is 28.8 Å². The number of nitrogens with zero attached hydrogens (tertiary/aromatic N) is 3. The monoisotopic (exact) mass is 301 g/mol. The summed E-state index contributed by atoms with van der Waals surface area (Å²) in [5.41, 5.74) is 1.37. The summed E-state index contributed by atoms with van der Waals surface area (Å²) in [7, 11) is 1.70. The maximum atomic E-state index is 5.23.